The van der Waals surface area contributed by atoms with Crippen LogP contribution in [-0.4, -0.2) is 13.4 Å². The van der Waals surface area contributed by atoms with Gasteiger partial charge in [-0.25, -0.2) is 18.1 Å². The Bertz CT molecular complexity index is 1010. The van der Waals surface area contributed by atoms with Crippen molar-refractivity contribution in [3.8, 4) is 10.6 Å². The Kier molecular flexibility index (Phi) is 5.24. The third-order valence-electron chi connectivity index (χ3n) is 3.82. The molecule has 1 heterocycles. The molecule has 7 heteroatoms. The number of aryl methyl sites for hydroxylation is 2. The van der Waals surface area contributed by atoms with E-state index in [4.69, 9.17) is 11.6 Å². The first kappa shape index (κ1) is 18.1. The second kappa shape index (κ2) is 7.25. The maximum absolute atomic E-state index is 12.5. The predicted octanol–water partition coefficient (Wildman–Crippen LogP) is 4.56. The molecule has 0 amide bonds. The van der Waals surface area contributed by atoms with Crippen molar-refractivity contribution in [1.82, 2.24) is 9.71 Å². The van der Waals surface area contributed by atoms with Gasteiger partial charge in [-0.2, -0.15) is 0 Å². The molecule has 0 aliphatic carbocycles. The highest BCUT2D eigenvalue weighted by molar-refractivity contribution is 7.89. The van der Waals surface area contributed by atoms with E-state index in [-0.39, 0.29) is 16.5 Å². The molecule has 0 saturated heterocycles. The zero-order valence-electron chi connectivity index (χ0n) is 13.8. The Labute approximate surface area is 156 Å². The molecule has 0 bridgehead atoms. The predicted molar refractivity (Wildman–Crippen MR) is 103 cm³/mol. The highest BCUT2D eigenvalue weighted by atomic mass is 35.5. The van der Waals surface area contributed by atoms with Gasteiger partial charge in [0.25, 0.3) is 0 Å². The monoisotopic (exact) mass is 392 g/mol. The van der Waals surface area contributed by atoms with Crippen LogP contribution in [0.5, 0.6) is 0 Å². The van der Waals surface area contributed by atoms with Crippen molar-refractivity contribution in [1.29, 1.82) is 0 Å². The van der Waals surface area contributed by atoms with E-state index in [1.165, 1.54) is 17.4 Å². The summed E-state index contributed by atoms with van der Waals surface area (Å²) in [6, 6.07) is 14.4. The Morgan fingerprint density at radius 2 is 1.76 bits per heavy atom. The lowest BCUT2D eigenvalue weighted by Gasteiger charge is -2.07. The first-order valence-corrected chi connectivity index (χ1v) is 10.3. The smallest absolute Gasteiger partial charge is 0.241 e. The average molecular weight is 393 g/mol. The molecular weight excluding hydrogens is 376 g/mol. The minimum atomic E-state index is -3.67. The quantitative estimate of drug-likeness (QED) is 0.692. The fourth-order valence-electron chi connectivity index (χ4n) is 2.42. The Hall–Kier alpha value is -1.73. The second-order valence-corrected chi connectivity index (χ2v) is 8.82. The van der Waals surface area contributed by atoms with E-state index in [1.807, 2.05) is 38.1 Å². The van der Waals surface area contributed by atoms with Crippen LogP contribution >= 0.6 is 22.9 Å². The van der Waals surface area contributed by atoms with Crippen molar-refractivity contribution >= 4 is 33.0 Å². The molecule has 2 aromatic carbocycles. The number of rotatable bonds is 5. The van der Waals surface area contributed by atoms with E-state index in [9.17, 15) is 8.42 Å². The Morgan fingerprint density at radius 3 is 2.48 bits per heavy atom. The van der Waals surface area contributed by atoms with Gasteiger partial charge in [-0.05, 0) is 31.5 Å². The first-order valence-electron chi connectivity index (χ1n) is 7.65. The summed E-state index contributed by atoms with van der Waals surface area (Å²) < 4.78 is 27.5. The molecule has 0 spiro atoms. The minimum absolute atomic E-state index is 0.0814. The summed E-state index contributed by atoms with van der Waals surface area (Å²) in [6.45, 7) is 4.10. The number of aromatic nitrogens is 1. The van der Waals surface area contributed by atoms with Gasteiger partial charge in [0.1, 0.15) is 9.90 Å². The van der Waals surface area contributed by atoms with Crippen molar-refractivity contribution in [3.05, 3.63) is 69.7 Å². The van der Waals surface area contributed by atoms with Gasteiger partial charge >= 0.3 is 0 Å². The molecule has 1 aromatic heterocycles. The van der Waals surface area contributed by atoms with Crippen LogP contribution < -0.4 is 4.72 Å². The second-order valence-electron chi connectivity index (χ2n) is 5.60. The summed E-state index contributed by atoms with van der Waals surface area (Å²) >= 11 is 7.49. The third kappa shape index (κ3) is 3.93. The van der Waals surface area contributed by atoms with E-state index in [1.54, 1.807) is 18.2 Å². The lowest BCUT2D eigenvalue weighted by Crippen LogP contribution is -2.23. The van der Waals surface area contributed by atoms with E-state index in [2.05, 4.69) is 9.71 Å². The lowest BCUT2D eigenvalue weighted by atomic mass is 10.1. The van der Waals surface area contributed by atoms with Crippen molar-refractivity contribution in [2.75, 3.05) is 0 Å². The van der Waals surface area contributed by atoms with Crippen LogP contribution in [0.3, 0.4) is 0 Å². The number of hydrogen-bond acceptors (Lipinski definition) is 4. The van der Waals surface area contributed by atoms with Crippen LogP contribution in [0.25, 0.3) is 10.6 Å². The SMILES string of the molecule is Cc1ccccc1-c1nc(C)c(CNS(=O)(=O)c2ccccc2Cl)s1. The Morgan fingerprint density at radius 1 is 1.08 bits per heavy atom. The van der Waals surface area contributed by atoms with Gasteiger partial charge in [0.15, 0.2) is 0 Å². The van der Waals surface area contributed by atoms with E-state index in [0.717, 1.165) is 26.7 Å². The summed E-state index contributed by atoms with van der Waals surface area (Å²) in [5, 5.41) is 1.10. The molecule has 0 fully saturated rings. The van der Waals surface area contributed by atoms with Crippen LogP contribution in [0.1, 0.15) is 16.1 Å². The van der Waals surface area contributed by atoms with E-state index >= 15 is 0 Å². The highest BCUT2D eigenvalue weighted by Crippen LogP contribution is 2.30. The summed E-state index contributed by atoms with van der Waals surface area (Å²) in [5.74, 6) is 0. The Balaban J connectivity index is 1.83. The number of halogens is 1. The molecular formula is C18H17ClN2O2S2. The number of nitrogens with zero attached hydrogens (tertiary/aromatic N) is 1. The summed E-state index contributed by atoms with van der Waals surface area (Å²) in [6.07, 6.45) is 0. The van der Waals surface area contributed by atoms with Gasteiger partial charge in [-0.15, -0.1) is 11.3 Å². The molecule has 0 aliphatic heterocycles. The largest absolute Gasteiger partial charge is 0.242 e. The number of sulfonamides is 1. The standard InChI is InChI=1S/C18H17ClN2O2S2/c1-12-7-3-4-8-14(12)18-21-13(2)16(24-18)11-20-25(22,23)17-10-6-5-9-15(17)19/h3-10,20H,11H2,1-2H3. The van der Waals surface area contributed by atoms with Crippen LogP contribution in [0.2, 0.25) is 5.02 Å². The molecule has 4 nitrogen and oxygen atoms in total. The molecule has 0 saturated carbocycles. The minimum Gasteiger partial charge on any atom is -0.241 e. The van der Waals surface area contributed by atoms with Crippen molar-refractivity contribution < 1.29 is 8.42 Å². The van der Waals surface area contributed by atoms with Gasteiger partial charge in [0, 0.05) is 17.0 Å². The fourth-order valence-corrected chi connectivity index (χ4v) is 5.12. The summed E-state index contributed by atoms with van der Waals surface area (Å²) in [7, 11) is -3.67. The molecule has 0 atom stereocenters. The summed E-state index contributed by atoms with van der Waals surface area (Å²) in [5.41, 5.74) is 3.03. The third-order valence-corrected chi connectivity index (χ3v) is 6.91. The van der Waals surface area contributed by atoms with Crippen LogP contribution in [-0.2, 0) is 16.6 Å². The van der Waals surface area contributed by atoms with Crippen LogP contribution in [0.15, 0.2) is 53.4 Å². The molecule has 1 N–H and O–H groups in total. The lowest BCUT2D eigenvalue weighted by molar-refractivity contribution is 0.581. The van der Waals surface area contributed by atoms with Crippen molar-refractivity contribution in [3.63, 3.8) is 0 Å². The number of benzene rings is 2. The zero-order chi connectivity index (χ0) is 18.0. The van der Waals surface area contributed by atoms with E-state index < -0.39 is 10.0 Å². The molecule has 0 unspecified atom stereocenters. The zero-order valence-corrected chi connectivity index (χ0v) is 16.2. The maximum atomic E-state index is 12.5. The van der Waals surface area contributed by atoms with Crippen molar-refractivity contribution in [2.45, 2.75) is 25.3 Å². The fraction of sp³-hybridized carbons (Fsp3) is 0.167. The molecule has 0 aliphatic rings. The topological polar surface area (TPSA) is 59.1 Å². The average Bonchev–Trinajstić information content (AvgIpc) is 2.94. The van der Waals surface area contributed by atoms with Gasteiger partial charge < -0.3 is 0 Å². The number of hydrogen-bond donors (Lipinski definition) is 1. The maximum Gasteiger partial charge on any atom is 0.242 e. The van der Waals surface area contributed by atoms with Gasteiger partial charge in [-0.3, -0.25) is 0 Å². The molecule has 130 valence electrons. The number of thiazole rings is 1. The van der Waals surface area contributed by atoms with Gasteiger partial charge in [0.2, 0.25) is 10.0 Å². The highest BCUT2D eigenvalue weighted by Gasteiger charge is 2.19. The van der Waals surface area contributed by atoms with Crippen molar-refractivity contribution in [2.24, 2.45) is 0 Å². The van der Waals surface area contributed by atoms with Crippen LogP contribution in [0, 0.1) is 13.8 Å². The molecule has 25 heavy (non-hydrogen) atoms. The molecule has 3 aromatic rings. The van der Waals surface area contributed by atoms with Crippen LogP contribution in [0.4, 0.5) is 0 Å². The summed E-state index contributed by atoms with van der Waals surface area (Å²) in [4.78, 5) is 5.55. The van der Waals surface area contributed by atoms with Gasteiger partial charge in [0.05, 0.1) is 10.7 Å². The first-order chi connectivity index (χ1) is 11.9. The normalized spacial score (nSPS) is 11.6. The van der Waals surface area contributed by atoms with E-state index in [0.29, 0.717) is 0 Å². The molecule has 0 radical (unpaired) electrons. The number of nitrogens with one attached hydrogen (secondary N) is 1. The molecule has 3 rings (SSSR count). The van der Waals surface area contributed by atoms with Gasteiger partial charge in [-0.1, -0.05) is 48.0 Å².